The Kier molecular flexibility index (Phi) is 5.98. The topological polar surface area (TPSA) is 70.7 Å². The summed E-state index contributed by atoms with van der Waals surface area (Å²) >= 11 is 0. The van der Waals surface area contributed by atoms with Crippen molar-refractivity contribution in [3.63, 3.8) is 0 Å². The molecular formula is C14H27N3O3. The summed E-state index contributed by atoms with van der Waals surface area (Å²) in [5, 5.41) is 25.4. The molecule has 0 spiro atoms. The molecule has 1 heterocycles. The van der Waals surface area contributed by atoms with E-state index in [-0.39, 0.29) is 0 Å². The molecule has 20 heavy (non-hydrogen) atoms. The molecule has 0 amide bonds. The van der Waals surface area contributed by atoms with Gasteiger partial charge in [0.2, 0.25) is 0 Å². The van der Waals surface area contributed by atoms with E-state index in [0.29, 0.717) is 30.8 Å². The number of rotatable bonds is 8. The van der Waals surface area contributed by atoms with Gasteiger partial charge in [-0.2, -0.15) is 5.10 Å². The van der Waals surface area contributed by atoms with Gasteiger partial charge >= 0.3 is 0 Å². The molecule has 0 fully saturated rings. The lowest BCUT2D eigenvalue weighted by Gasteiger charge is -2.31. The van der Waals surface area contributed by atoms with Crippen LogP contribution in [-0.2, 0) is 6.54 Å². The van der Waals surface area contributed by atoms with Crippen LogP contribution < -0.4 is 4.74 Å². The molecule has 0 radical (unpaired) electrons. The van der Waals surface area contributed by atoms with E-state index in [0.717, 1.165) is 6.54 Å². The molecule has 2 N–H and O–H groups in total. The molecule has 6 heteroatoms. The molecule has 1 rings (SSSR count). The fourth-order valence-electron chi connectivity index (χ4n) is 2.17. The molecule has 1 atom stereocenters. The molecule has 1 aromatic rings. The van der Waals surface area contributed by atoms with Crippen molar-refractivity contribution in [1.82, 2.24) is 14.7 Å². The Labute approximate surface area is 121 Å². The maximum Gasteiger partial charge on any atom is 0.162 e. The Balaban J connectivity index is 3.10. The first kappa shape index (κ1) is 16.9. The molecule has 1 aromatic heterocycles. The average Bonchev–Trinajstić information content (AvgIpc) is 2.86. The van der Waals surface area contributed by atoms with E-state index in [1.807, 2.05) is 32.8 Å². The predicted molar refractivity (Wildman–Crippen MR) is 77.8 cm³/mol. The van der Waals surface area contributed by atoms with Crippen molar-refractivity contribution in [2.75, 3.05) is 27.7 Å². The monoisotopic (exact) mass is 285 g/mol. The second kappa shape index (κ2) is 7.06. The molecule has 0 saturated carbocycles. The fourth-order valence-corrected chi connectivity index (χ4v) is 2.17. The third kappa shape index (κ3) is 3.50. The molecule has 0 aromatic carbocycles. The number of aliphatic hydroxyl groups is 2. The second-order valence-electron chi connectivity index (χ2n) is 5.34. The van der Waals surface area contributed by atoms with Crippen LogP contribution in [0.2, 0.25) is 0 Å². The van der Waals surface area contributed by atoms with E-state index < -0.39 is 11.7 Å². The number of methoxy groups -OCH3 is 1. The highest BCUT2D eigenvalue weighted by molar-refractivity contribution is 5.29. The maximum atomic E-state index is 10.6. The van der Waals surface area contributed by atoms with Crippen LogP contribution in [0.3, 0.4) is 0 Å². The number of hydrogen-bond donors (Lipinski definition) is 2. The third-order valence-corrected chi connectivity index (χ3v) is 3.82. The normalized spacial score (nSPS) is 13.8. The van der Waals surface area contributed by atoms with Gasteiger partial charge < -0.3 is 19.8 Å². The standard InChI is InChI=1S/C14H27N3O3/c1-6-14(19,7-2)13(18)12-11(20-5)10-15-17(12)9-8-16(3)4/h10,13,18-19H,6-9H2,1-5H3. The first-order chi connectivity index (χ1) is 9.39. The minimum atomic E-state index is -1.16. The van der Waals surface area contributed by atoms with Crippen LogP contribution in [0.25, 0.3) is 0 Å². The summed E-state index contributed by atoms with van der Waals surface area (Å²) in [5.74, 6) is 0.511. The van der Waals surface area contributed by atoms with Crippen LogP contribution >= 0.6 is 0 Å². The van der Waals surface area contributed by atoms with Gasteiger partial charge in [-0.1, -0.05) is 13.8 Å². The Morgan fingerprint density at radius 2 is 2.00 bits per heavy atom. The molecule has 0 aliphatic carbocycles. The molecule has 6 nitrogen and oxygen atoms in total. The number of aliphatic hydroxyl groups excluding tert-OH is 1. The molecule has 1 unspecified atom stereocenters. The average molecular weight is 285 g/mol. The van der Waals surface area contributed by atoms with E-state index in [1.54, 1.807) is 18.0 Å². The van der Waals surface area contributed by atoms with E-state index in [1.165, 1.54) is 0 Å². The number of hydrogen-bond acceptors (Lipinski definition) is 5. The van der Waals surface area contributed by atoms with Crippen LogP contribution in [0.4, 0.5) is 0 Å². The summed E-state index contributed by atoms with van der Waals surface area (Å²) in [7, 11) is 5.50. The SMILES string of the molecule is CCC(O)(CC)C(O)c1c(OC)cnn1CCN(C)C. The Morgan fingerprint density at radius 3 is 2.45 bits per heavy atom. The summed E-state index contributed by atoms with van der Waals surface area (Å²) in [6.07, 6.45) is 1.50. The van der Waals surface area contributed by atoms with Gasteiger partial charge in [0.05, 0.1) is 25.5 Å². The minimum absolute atomic E-state index is 0.465. The van der Waals surface area contributed by atoms with Gasteiger partial charge in [0.1, 0.15) is 11.8 Å². The van der Waals surface area contributed by atoms with E-state index in [2.05, 4.69) is 5.10 Å². The minimum Gasteiger partial charge on any atom is -0.493 e. The second-order valence-corrected chi connectivity index (χ2v) is 5.34. The van der Waals surface area contributed by atoms with Crippen LogP contribution in [0.15, 0.2) is 6.20 Å². The van der Waals surface area contributed by atoms with E-state index >= 15 is 0 Å². The molecule has 0 aliphatic heterocycles. The number of nitrogens with zero attached hydrogens (tertiary/aromatic N) is 3. The quantitative estimate of drug-likeness (QED) is 0.747. The number of ether oxygens (including phenoxy) is 1. The Hall–Kier alpha value is -1.11. The van der Waals surface area contributed by atoms with Crippen molar-refractivity contribution in [2.24, 2.45) is 0 Å². The molecule has 0 bridgehead atoms. The molecule has 0 aliphatic rings. The lowest BCUT2D eigenvalue weighted by Crippen LogP contribution is -2.36. The highest BCUT2D eigenvalue weighted by atomic mass is 16.5. The van der Waals surface area contributed by atoms with Crippen LogP contribution in [-0.4, -0.2) is 58.2 Å². The molecule has 0 saturated heterocycles. The van der Waals surface area contributed by atoms with Crippen LogP contribution in [0.5, 0.6) is 5.75 Å². The summed E-state index contributed by atoms with van der Waals surface area (Å²) < 4.78 is 6.98. The van der Waals surface area contributed by atoms with Gasteiger partial charge in [-0.25, -0.2) is 0 Å². The summed E-state index contributed by atoms with van der Waals surface area (Å²) in [5.41, 5.74) is -0.621. The van der Waals surface area contributed by atoms with Gasteiger partial charge in [0.25, 0.3) is 0 Å². The van der Waals surface area contributed by atoms with Crippen LogP contribution in [0, 0.1) is 0 Å². The van der Waals surface area contributed by atoms with Crippen molar-refractivity contribution in [3.8, 4) is 5.75 Å². The first-order valence-electron chi connectivity index (χ1n) is 7.04. The van der Waals surface area contributed by atoms with Gasteiger partial charge in [-0.05, 0) is 26.9 Å². The number of likely N-dealkylation sites (N-methyl/N-ethyl adjacent to an activating group) is 1. The summed E-state index contributed by atoms with van der Waals surface area (Å²) in [6, 6.07) is 0. The highest BCUT2D eigenvalue weighted by Crippen LogP contribution is 2.36. The maximum absolute atomic E-state index is 10.6. The highest BCUT2D eigenvalue weighted by Gasteiger charge is 2.37. The van der Waals surface area contributed by atoms with Gasteiger partial charge in [0.15, 0.2) is 5.75 Å². The summed E-state index contributed by atoms with van der Waals surface area (Å²) in [4.78, 5) is 2.04. The molecule has 116 valence electrons. The Morgan fingerprint density at radius 1 is 1.40 bits per heavy atom. The van der Waals surface area contributed by atoms with Gasteiger partial charge in [0, 0.05) is 6.54 Å². The van der Waals surface area contributed by atoms with E-state index in [9.17, 15) is 10.2 Å². The fraction of sp³-hybridized carbons (Fsp3) is 0.786. The zero-order chi connectivity index (χ0) is 15.3. The smallest absolute Gasteiger partial charge is 0.162 e. The van der Waals surface area contributed by atoms with Gasteiger partial charge in [-0.15, -0.1) is 0 Å². The van der Waals surface area contributed by atoms with Crippen molar-refractivity contribution in [2.45, 2.75) is 44.9 Å². The van der Waals surface area contributed by atoms with Crippen molar-refractivity contribution >= 4 is 0 Å². The van der Waals surface area contributed by atoms with Crippen LogP contribution in [0.1, 0.15) is 38.5 Å². The van der Waals surface area contributed by atoms with Crippen molar-refractivity contribution in [3.05, 3.63) is 11.9 Å². The van der Waals surface area contributed by atoms with Crippen molar-refractivity contribution < 1.29 is 14.9 Å². The zero-order valence-corrected chi connectivity index (χ0v) is 13.1. The molecular weight excluding hydrogens is 258 g/mol. The largest absolute Gasteiger partial charge is 0.493 e. The third-order valence-electron chi connectivity index (χ3n) is 3.82. The van der Waals surface area contributed by atoms with E-state index in [4.69, 9.17) is 4.74 Å². The lowest BCUT2D eigenvalue weighted by molar-refractivity contribution is -0.0864. The van der Waals surface area contributed by atoms with Gasteiger partial charge in [-0.3, -0.25) is 4.68 Å². The van der Waals surface area contributed by atoms with Crippen molar-refractivity contribution in [1.29, 1.82) is 0 Å². The lowest BCUT2D eigenvalue weighted by atomic mass is 9.88. The first-order valence-corrected chi connectivity index (χ1v) is 7.04. The summed E-state index contributed by atoms with van der Waals surface area (Å²) in [6.45, 7) is 5.15. The zero-order valence-electron chi connectivity index (χ0n) is 13.1. The number of aromatic nitrogens is 2. The Bertz CT molecular complexity index is 414. The predicted octanol–water partition coefficient (Wildman–Crippen LogP) is 1.04.